The van der Waals surface area contributed by atoms with Gasteiger partial charge in [0.25, 0.3) is 10.1 Å². The molecule has 0 radical (unpaired) electrons. The summed E-state index contributed by atoms with van der Waals surface area (Å²) in [7, 11) is -4.45. The van der Waals surface area contributed by atoms with Crippen molar-refractivity contribution in [3.05, 3.63) is 0 Å². The van der Waals surface area contributed by atoms with Crippen molar-refractivity contribution in [2.24, 2.45) is 5.73 Å². The molecule has 0 fully saturated rings. The summed E-state index contributed by atoms with van der Waals surface area (Å²) in [6.45, 7) is 3.00. The number of carbonyl (C=O) groups excluding carboxylic acids is 1. The van der Waals surface area contributed by atoms with Gasteiger partial charge in [-0.3, -0.25) is 9.35 Å². The Morgan fingerprint density at radius 3 is 1.77 bits per heavy atom. The first-order valence-electron chi connectivity index (χ1n) is 8.00. The minimum atomic E-state index is -4.45. The van der Waals surface area contributed by atoms with Gasteiger partial charge in [0.2, 0.25) is 0 Å². The normalized spacial score (nSPS) is 14.2. The van der Waals surface area contributed by atoms with Crippen molar-refractivity contribution in [1.29, 1.82) is 0 Å². The fraction of sp³-hybridized carbons (Fsp3) is 0.933. The van der Waals surface area contributed by atoms with Gasteiger partial charge >= 0.3 is 51.4 Å². The number of hydrogen-bond acceptors (Lipinski definition) is 4. The van der Waals surface area contributed by atoms with Crippen LogP contribution in [0.25, 0.3) is 0 Å². The molecule has 0 bridgehead atoms. The Hall–Kier alpha value is 1.18. The zero-order valence-corrected chi connectivity index (χ0v) is 14.3. The first-order valence-corrected chi connectivity index (χ1v) is 9.44. The van der Waals surface area contributed by atoms with Gasteiger partial charge in [0, 0.05) is 13.0 Å². The fourth-order valence-electron chi connectivity index (χ4n) is 2.22. The first kappa shape index (κ1) is 25.4. The van der Waals surface area contributed by atoms with E-state index in [1.54, 1.807) is 0 Å². The van der Waals surface area contributed by atoms with Crippen molar-refractivity contribution in [3.8, 4) is 0 Å². The third kappa shape index (κ3) is 9.47. The molecule has 7 heteroatoms. The van der Waals surface area contributed by atoms with E-state index in [2.05, 4.69) is 6.92 Å². The maximum atomic E-state index is 11.9. The van der Waals surface area contributed by atoms with Crippen molar-refractivity contribution in [2.45, 2.75) is 82.8 Å². The molecule has 0 spiro atoms. The predicted molar refractivity (Wildman–Crippen MR) is 93.0 cm³/mol. The van der Waals surface area contributed by atoms with Gasteiger partial charge in [-0.05, 0) is 13.3 Å². The summed E-state index contributed by atoms with van der Waals surface area (Å²) in [5, 5.41) is 0. The van der Waals surface area contributed by atoms with Gasteiger partial charge in [0.15, 0.2) is 10.5 Å². The number of Topliss-reactive ketones (excluding diaryl/α,β-unsaturated/α-hetero) is 1. The van der Waals surface area contributed by atoms with Crippen LogP contribution in [-0.4, -0.2) is 81.4 Å². The number of rotatable bonds is 13. The molecule has 0 heterocycles. The second kappa shape index (κ2) is 13.5. The van der Waals surface area contributed by atoms with Crippen LogP contribution < -0.4 is 5.73 Å². The molecule has 0 aliphatic heterocycles. The molecule has 0 aromatic heterocycles. The second-order valence-corrected chi connectivity index (χ2v) is 7.76. The van der Waals surface area contributed by atoms with Crippen molar-refractivity contribution in [3.63, 3.8) is 0 Å². The standard InChI is InChI=1S/C15H31NO4S.K.H/c1-3-4-5-6-7-8-9-10-11-12-14(17)15(2,13-16)21(18,19)20;;/h3-13,16H2,1-2H3,(H,18,19,20);;. The number of ketones is 1. The van der Waals surface area contributed by atoms with Gasteiger partial charge in [-0.15, -0.1) is 0 Å². The maximum absolute atomic E-state index is 11.9. The molecule has 0 amide bonds. The first-order chi connectivity index (χ1) is 9.79. The van der Waals surface area contributed by atoms with Gasteiger partial charge in [0.1, 0.15) is 0 Å². The fourth-order valence-corrected chi connectivity index (χ4v) is 2.82. The SMILES string of the molecule is CCCCCCCCCCCC(=O)C(C)(CN)S(=O)(=O)O.[KH]. The third-order valence-electron chi connectivity index (χ3n) is 4.06. The Kier molecular flexibility index (Phi) is 15.6. The van der Waals surface area contributed by atoms with Gasteiger partial charge in [-0.25, -0.2) is 0 Å². The molecule has 22 heavy (non-hydrogen) atoms. The predicted octanol–water partition coefficient (Wildman–Crippen LogP) is 2.43. The Labute approximate surface area is 178 Å². The van der Waals surface area contributed by atoms with E-state index in [0.717, 1.165) is 19.3 Å². The van der Waals surface area contributed by atoms with Gasteiger partial charge < -0.3 is 5.73 Å². The molecule has 0 aromatic rings. The van der Waals surface area contributed by atoms with E-state index in [1.165, 1.54) is 39.0 Å². The Morgan fingerprint density at radius 1 is 1.00 bits per heavy atom. The van der Waals surface area contributed by atoms with Crippen LogP contribution >= 0.6 is 0 Å². The Balaban J connectivity index is 0. The quantitative estimate of drug-likeness (QED) is 0.298. The molecule has 0 aliphatic rings. The zero-order chi connectivity index (χ0) is 16.4. The van der Waals surface area contributed by atoms with E-state index in [1.807, 2.05) is 0 Å². The summed E-state index contributed by atoms with van der Waals surface area (Å²) >= 11 is 0. The van der Waals surface area contributed by atoms with Crippen molar-refractivity contribution >= 4 is 67.3 Å². The summed E-state index contributed by atoms with van der Waals surface area (Å²) < 4.78 is 29.7. The molecule has 0 aromatic carbocycles. The van der Waals surface area contributed by atoms with Crippen LogP contribution in [0, 0.1) is 0 Å². The van der Waals surface area contributed by atoms with E-state index in [0.29, 0.717) is 6.42 Å². The van der Waals surface area contributed by atoms with Crippen LogP contribution in [-0.2, 0) is 14.9 Å². The monoisotopic (exact) mass is 361 g/mol. The molecule has 128 valence electrons. The number of carbonyl (C=O) groups is 1. The summed E-state index contributed by atoms with van der Waals surface area (Å²) in [4.78, 5) is 11.9. The molecular formula is C15H32KNO4S. The molecule has 0 aliphatic carbocycles. The van der Waals surface area contributed by atoms with Gasteiger partial charge in [-0.1, -0.05) is 58.3 Å². The molecule has 0 saturated carbocycles. The van der Waals surface area contributed by atoms with Gasteiger partial charge in [0.05, 0.1) is 0 Å². The second-order valence-electron chi connectivity index (χ2n) is 5.91. The van der Waals surface area contributed by atoms with Crippen LogP contribution in [0.5, 0.6) is 0 Å². The molecule has 3 N–H and O–H groups in total. The van der Waals surface area contributed by atoms with Gasteiger partial charge in [-0.2, -0.15) is 8.42 Å². The number of unbranched alkanes of at least 4 members (excludes halogenated alkanes) is 8. The number of nitrogens with two attached hydrogens (primary N) is 1. The van der Waals surface area contributed by atoms with Crippen molar-refractivity contribution in [2.75, 3.05) is 6.54 Å². The average Bonchev–Trinajstić information content (AvgIpc) is 2.43. The molecule has 5 nitrogen and oxygen atoms in total. The van der Waals surface area contributed by atoms with Crippen LogP contribution in [0.2, 0.25) is 0 Å². The topological polar surface area (TPSA) is 97.5 Å². The molecule has 0 saturated heterocycles. The Morgan fingerprint density at radius 2 is 1.41 bits per heavy atom. The van der Waals surface area contributed by atoms with E-state index in [4.69, 9.17) is 10.3 Å². The zero-order valence-electron chi connectivity index (χ0n) is 13.4. The van der Waals surface area contributed by atoms with E-state index >= 15 is 0 Å². The van der Waals surface area contributed by atoms with Crippen LogP contribution in [0.15, 0.2) is 0 Å². The van der Waals surface area contributed by atoms with Crippen LogP contribution in [0.4, 0.5) is 0 Å². The molecular weight excluding hydrogens is 329 g/mol. The van der Waals surface area contributed by atoms with E-state index in [-0.39, 0.29) is 64.4 Å². The molecule has 1 unspecified atom stereocenters. The molecule has 0 rings (SSSR count). The molecule has 1 atom stereocenters. The third-order valence-corrected chi connectivity index (χ3v) is 5.59. The van der Waals surface area contributed by atoms with E-state index < -0.39 is 20.6 Å². The van der Waals surface area contributed by atoms with Crippen molar-refractivity contribution < 1.29 is 17.8 Å². The Bertz CT molecular complexity index is 400. The summed E-state index contributed by atoms with van der Waals surface area (Å²) in [5.74, 6) is -0.490. The van der Waals surface area contributed by atoms with Crippen LogP contribution in [0.1, 0.15) is 78.1 Å². The van der Waals surface area contributed by atoms with Crippen molar-refractivity contribution in [1.82, 2.24) is 0 Å². The van der Waals surface area contributed by atoms with Crippen LogP contribution in [0.3, 0.4) is 0 Å². The minimum absolute atomic E-state index is 0. The summed E-state index contributed by atoms with van der Waals surface area (Å²) in [6, 6.07) is 0. The summed E-state index contributed by atoms with van der Waals surface area (Å²) in [6.07, 6.45) is 10.2. The summed E-state index contributed by atoms with van der Waals surface area (Å²) in [5.41, 5.74) is 5.34. The van der Waals surface area contributed by atoms with E-state index in [9.17, 15) is 13.2 Å². The average molecular weight is 362 g/mol. The number of hydrogen-bond donors (Lipinski definition) is 2.